The molecule has 9 heteroatoms. The van der Waals surface area contributed by atoms with Crippen molar-refractivity contribution in [3.63, 3.8) is 0 Å². The number of aromatic carboxylic acids is 1. The molecule has 0 saturated heterocycles. The van der Waals surface area contributed by atoms with Gasteiger partial charge in [0.05, 0.1) is 4.92 Å². The van der Waals surface area contributed by atoms with Crippen LogP contribution < -0.4 is 0 Å². The average Bonchev–Trinajstić information content (AvgIpc) is 2.19. The van der Waals surface area contributed by atoms with Gasteiger partial charge in [-0.05, 0) is 6.07 Å². The van der Waals surface area contributed by atoms with Crippen LogP contribution in [-0.4, -0.2) is 24.8 Å². The van der Waals surface area contributed by atoms with Crippen molar-refractivity contribution in [2.75, 3.05) is 0 Å². The van der Waals surface area contributed by atoms with Crippen molar-refractivity contribution in [1.82, 2.24) is 0 Å². The van der Waals surface area contributed by atoms with Crippen LogP contribution in [0.4, 0.5) is 10.1 Å². The number of nitrogens with zero attached hydrogens (tertiary/aromatic N) is 1. The Morgan fingerprint density at radius 3 is 2.53 bits per heavy atom. The highest BCUT2D eigenvalue weighted by Crippen LogP contribution is 2.23. The molecule has 1 rings (SSSR count). The van der Waals surface area contributed by atoms with Crippen molar-refractivity contribution >= 4 is 22.7 Å². The van der Waals surface area contributed by atoms with Crippen LogP contribution in [-0.2, 0) is 16.8 Å². The zero-order valence-corrected chi connectivity index (χ0v) is 8.90. The van der Waals surface area contributed by atoms with E-state index in [1.165, 1.54) is 0 Å². The molecule has 0 saturated carbocycles. The van der Waals surface area contributed by atoms with Gasteiger partial charge in [0, 0.05) is 17.4 Å². The summed E-state index contributed by atoms with van der Waals surface area (Å²) in [4.78, 5) is 20.1. The third-order valence-electron chi connectivity index (χ3n) is 1.87. The van der Waals surface area contributed by atoms with E-state index >= 15 is 0 Å². The summed E-state index contributed by atoms with van der Waals surface area (Å²) in [5.74, 6) is -3.53. The molecule has 1 unspecified atom stereocenters. The standard InChI is InChI=1S/C8H6FNO6S/c9-6-2-5(8(11)12)7(10(13)14)1-4(6)3-17(15)16/h1-2H,3H2,(H,11,12)(H,15,16)/p-1. The van der Waals surface area contributed by atoms with Crippen LogP contribution in [0.2, 0.25) is 0 Å². The Kier molecular flexibility index (Phi) is 3.86. The zero-order valence-electron chi connectivity index (χ0n) is 8.08. The fourth-order valence-electron chi connectivity index (χ4n) is 1.17. The first-order valence-electron chi connectivity index (χ1n) is 4.09. The van der Waals surface area contributed by atoms with Gasteiger partial charge in [0.2, 0.25) is 0 Å². The molecule has 17 heavy (non-hydrogen) atoms. The summed E-state index contributed by atoms with van der Waals surface area (Å²) in [6.45, 7) is 0. The number of rotatable bonds is 4. The van der Waals surface area contributed by atoms with Gasteiger partial charge in [-0.15, -0.1) is 0 Å². The van der Waals surface area contributed by atoms with Crippen molar-refractivity contribution in [3.8, 4) is 0 Å². The molecule has 7 nitrogen and oxygen atoms in total. The smallest absolute Gasteiger partial charge is 0.342 e. The average molecular weight is 262 g/mol. The molecule has 0 fully saturated rings. The lowest BCUT2D eigenvalue weighted by atomic mass is 10.1. The van der Waals surface area contributed by atoms with E-state index in [1.54, 1.807) is 0 Å². The lowest BCUT2D eigenvalue weighted by molar-refractivity contribution is -0.385. The van der Waals surface area contributed by atoms with E-state index in [1.807, 2.05) is 0 Å². The van der Waals surface area contributed by atoms with Crippen molar-refractivity contribution < 1.29 is 28.0 Å². The second-order valence-corrected chi connectivity index (χ2v) is 3.87. The van der Waals surface area contributed by atoms with Gasteiger partial charge in [0.1, 0.15) is 11.4 Å². The third-order valence-corrected chi connectivity index (χ3v) is 2.41. The molecule has 0 aromatic heterocycles. The number of benzene rings is 1. The minimum absolute atomic E-state index is 0.433. The molecule has 1 aromatic rings. The molecule has 0 spiro atoms. The summed E-state index contributed by atoms with van der Waals surface area (Å²) in [5.41, 5.74) is -2.12. The van der Waals surface area contributed by atoms with Gasteiger partial charge >= 0.3 is 5.97 Å². The normalized spacial score (nSPS) is 12.1. The number of carboxylic acids is 1. The molecule has 1 N–H and O–H groups in total. The highest BCUT2D eigenvalue weighted by atomic mass is 32.2. The Bertz CT molecular complexity index is 517. The van der Waals surface area contributed by atoms with Crippen LogP contribution in [0, 0.1) is 15.9 Å². The number of nitro benzene ring substituents is 1. The maximum absolute atomic E-state index is 13.3. The number of carboxylic acid groups (broad SMARTS) is 1. The van der Waals surface area contributed by atoms with Crippen LogP contribution in [0.1, 0.15) is 15.9 Å². The molecular formula is C8H5FNO6S-. The quantitative estimate of drug-likeness (QED) is 0.487. The Hall–Kier alpha value is -1.87. The van der Waals surface area contributed by atoms with E-state index in [-0.39, 0.29) is 0 Å². The maximum atomic E-state index is 13.3. The summed E-state index contributed by atoms with van der Waals surface area (Å²) in [5, 5.41) is 19.2. The summed E-state index contributed by atoms with van der Waals surface area (Å²) in [7, 11) is 0. The minimum Gasteiger partial charge on any atom is -0.772 e. The number of carbonyl (C=O) groups is 1. The van der Waals surface area contributed by atoms with Gasteiger partial charge in [0.15, 0.2) is 0 Å². The molecule has 0 aliphatic heterocycles. The Morgan fingerprint density at radius 1 is 1.53 bits per heavy atom. The summed E-state index contributed by atoms with van der Waals surface area (Å²) in [6.07, 6.45) is 0. The van der Waals surface area contributed by atoms with E-state index < -0.39 is 50.4 Å². The van der Waals surface area contributed by atoms with Crippen molar-refractivity contribution in [1.29, 1.82) is 0 Å². The second-order valence-electron chi connectivity index (χ2n) is 2.97. The van der Waals surface area contributed by atoms with Gasteiger partial charge in [-0.25, -0.2) is 9.18 Å². The minimum atomic E-state index is -2.63. The van der Waals surface area contributed by atoms with Crippen LogP contribution in [0.15, 0.2) is 12.1 Å². The van der Waals surface area contributed by atoms with Gasteiger partial charge in [-0.3, -0.25) is 14.3 Å². The Morgan fingerprint density at radius 2 is 2.12 bits per heavy atom. The van der Waals surface area contributed by atoms with Gasteiger partial charge in [0.25, 0.3) is 5.69 Å². The van der Waals surface area contributed by atoms with E-state index in [4.69, 9.17) is 5.11 Å². The first kappa shape index (κ1) is 13.2. The largest absolute Gasteiger partial charge is 0.772 e. The molecule has 0 bridgehead atoms. The molecule has 0 amide bonds. The fraction of sp³-hybridized carbons (Fsp3) is 0.125. The first-order valence-corrected chi connectivity index (χ1v) is 5.33. The number of hydrogen-bond acceptors (Lipinski definition) is 5. The van der Waals surface area contributed by atoms with Crippen LogP contribution >= 0.6 is 0 Å². The van der Waals surface area contributed by atoms with Crippen molar-refractivity contribution in [3.05, 3.63) is 39.2 Å². The molecule has 0 aliphatic carbocycles. The molecule has 0 radical (unpaired) electrons. The zero-order chi connectivity index (χ0) is 13.2. The Labute approximate surface area is 96.3 Å². The monoisotopic (exact) mass is 262 g/mol. The number of hydrogen-bond donors (Lipinski definition) is 1. The van der Waals surface area contributed by atoms with Crippen LogP contribution in [0.25, 0.3) is 0 Å². The third kappa shape index (κ3) is 3.04. The van der Waals surface area contributed by atoms with Gasteiger partial charge in [-0.2, -0.15) is 0 Å². The van der Waals surface area contributed by atoms with Crippen molar-refractivity contribution in [2.24, 2.45) is 0 Å². The number of nitro groups is 1. The summed E-state index contributed by atoms with van der Waals surface area (Å²) in [6, 6.07) is 1.04. The molecule has 0 heterocycles. The molecule has 92 valence electrons. The lowest BCUT2D eigenvalue weighted by Gasteiger charge is -2.07. The van der Waals surface area contributed by atoms with E-state index in [0.717, 1.165) is 0 Å². The van der Waals surface area contributed by atoms with E-state index in [2.05, 4.69) is 0 Å². The lowest BCUT2D eigenvalue weighted by Crippen LogP contribution is -2.06. The molecule has 0 aliphatic rings. The fourth-order valence-corrected chi connectivity index (χ4v) is 1.64. The van der Waals surface area contributed by atoms with E-state index in [9.17, 15) is 28.1 Å². The highest BCUT2D eigenvalue weighted by Gasteiger charge is 2.23. The van der Waals surface area contributed by atoms with Crippen LogP contribution in [0.5, 0.6) is 0 Å². The molecule has 1 aromatic carbocycles. The van der Waals surface area contributed by atoms with Crippen LogP contribution in [0.3, 0.4) is 0 Å². The van der Waals surface area contributed by atoms with Gasteiger partial charge < -0.3 is 9.66 Å². The molecular weight excluding hydrogens is 257 g/mol. The predicted molar refractivity (Wildman–Crippen MR) is 52.6 cm³/mol. The SMILES string of the molecule is O=C(O)c1cc(F)c(CS(=O)[O-])cc1[N+](=O)[O-]. The summed E-state index contributed by atoms with van der Waals surface area (Å²) < 4.78 is 34.0. The van der Waals surface area contributed by atoms with Gasteiger partial charge in [-0.1, -0.05) is 11.1 Å². The maximum Gasteiger partial charge on any atom is 0.342 e. The second kappa shape index (κ2) is 4.97. The van der Waals surface area contributed by atoms with Crippen molar-refractivity contribution in [2.45, 2.75) is 5.75 Å². The Balaban J connectivity index is 3.39. The topological polar surface area (TPSA) is 121 Å². The summed E-state index contributed by atoms with van der Waals surface area (Å²) >= 11 is -2.63. The van der Waals surface area contributed by atoms with E-state index in [0.29, 0.717) is 12.1 Å². The first-order chi connectivity index (χ1) is 7.82. The number of halogens is 1. The molecule has 1 atom stereocenters. The predicted octanol–water partition coefficient (Wildman–Crippen LogP) is 0.811. The highest BCUT2D eigenvalue weighted by molar-refractivity contribution is 7.78.